The van der Waals surface area contributed by atoms with Crippen molar-refractivity contribution in [2.75, 3.05) is 6.61 Å². The van der Waals surface area contributed by atoms with Crippen LogP contribution >= 0.6 is 0 Å². The van der Waals surface area contributed by atoms with Crippen LogP contribution in [0.15, 0.2) is 42.0 Å². The molecule has 0 amide bonds. The summed E-state index contributed by atoms with van der Waals surface area (Å²) in [7, 11) is -1.78. The number of benzene rings is 1. The molecule has 3 atom stereocenters. The lowest BCUT2D eigenvalue weighted by atomic mass is 10.0. The van der Waals surface area contributed by atoms with Crippen LogP contribution in [0, 0.1) is 5.92 Å². The van der Waals surface area contributed by atoms with Crippen molar-refractivity contribution in [2.24, 2.45) is 5.92 Å². The number of aliphatic hydroxyl groups is 1. The Morgan fingerprint density at radius 1 is 1.15 bits per heavy atom. The lowest BCUT2D eigenvalue weighted by Crippen LogP contribution is -2.44. The minimum absolute atomic E-state index is 0.128. The quantitative estimate of drug-likeness (QED) is 0.452. The van der Waals surface area contributed by atoms with E-state index in [1.165, 1.54) is 0 Å². The van der Waals surface area contributed by atoms with Crippen molar-refractivity contribution < 1.29 is 14.3 Å². The Hall–Kier alpha value is -0.943. The molecule has 0 aliphatic rings. The Bertz CT molecular complexity index is 561. The Balaban J connectivity index is 2.53. The Morgan fingerprint density at radius 3 is 2.27 bits per heavy atom. The minimum atomic E-state index is -1.78. The van der Waals surface area contributed by atoms with Gasteiger partial charge in [0, 0.05) is 6.10 Å². The van der Waals surface area contributed by atoms with Crippen LogP contribution in [0.5, 0.6) is 0 Å². The van der Waals surface area contributed by atoms with E-state index in [1.54, 1.807) is 0 Å². The van der Waals surface area contributed by atoms with Gasteiger partial charge < -0.3 is 14.3 Å². The summed E-state index contributed by atoms with van der Waals surface area (Å²) < 4.78 is 12.1. The fourth-order valence-electron chi connectivity index (χ4n) is 2.40. The number of hydrogen-bond acceptors (Lipinski definition) is 3. The average molecular weight is 379 g/mol. The average Bonchev–Trinajstić information content (AvgIpc) is 2.54. The van der Waals surface area contributed by atoms with E-state index in [0.29, 0.717) is 13.2 Å². The zero-order valence-corrected chi connectivity index (χ0v) is 18.9. The summed E-state index contributed by atoms with van der Waals surface area (Å²) in [6, 6.07) is 10.0. The standard InChI is InChI=1S/C22H38O3Si/c1-17(19(3)25-26(7,8)22(4,5)6)14-18(2)21(23)16-24-15-20-12-10-9-11-13-20/h9-14,17,19,21,23H,15-16H2,1-8H3/b18-14+/t17-,19+,21-/m1/s1. The summed E-state index contributed by atoms with van der Waals surface area (Å²) in [6.07, 6.45) is 1.67. The summed E-state index contributed by atoms with van der Waals surface area (Å²) in [6.45, 7) is 18.4. The fraction of sp³-hybridized carbons (Fsp3) is 0.636. The SMILES string of the molecule is C/C(=C\[C@@H](C)[C@H](C)O[Si](C)(C)C(C)(C)C)[C@H](O)COCc1ccccc1. The molecule has 0 unspecified atom stereocenters. The van der Waals surface area contributed by atoms with Gasteiger partial charge in [0.1, 0.15) is 0 Å². The van der Waals surface area contributed by atoms with Gasteiger partial charge in [-0.1, -0.05) is 64.1 Å². The number of rotatable bonds is 9. The highest BCUT2D eigenvalue weighted by atomic mass is 28.4. The van der Waals surface area contributed by atoms with Crippen LogP contribution in [0.25, 0.3) is 0 Å². The van der Waals surface area contributed by atoms with E-state index in [2.05, 4.69) is 53.8 Å². The fourth-order valence-corrected chi connectivity index (χ4v) is 3.90. The minimum Gasteiger partial charge on any atom is -0.414 e. The van der Waals surface area contributed by atoms with E-state index in [1.807, 2.05) is 37.3 Å². The van der Waals surface area contributed by atoms with Crippen LogP contribution in [0.3, 0.4) is 0 Å². The van der Waals surface area contributed by atoms with Crippen molar-refractivity contribution in [1.82, 2.24) is 0 Å². The molecule has 3 nitrogen and oxygen atoms in total. The largest absolute Gasteiger partial charge is 0.414 e. The molecule has 26 heavy (non-hydrogen) atoms. The van der Waals surface area contributed by atoms with E-state index in [-0.39, 0.29) is 17.1 Å². The van der Waals surface area contributed by atoms with Gasteiger partial charge in [-0.2, -0.15) is 0 Å². The summed E-state index contributed by atoms with van der Waals surface area (Å²) >= 11 is 0. The molecule has 0 saturated carbocycles. The van der Waals surface area contributed by atoms with Gasteiger partial charge in [0.15, 0.2) is 8.32 Å². The van der Waals surface area contributed by atoms with Gasteiger partial charge in [-0.25, -0.2) is 0 Å². The molecular formula is C22H38O3Si. The van der Waals surface area contributed by atoms with Gasteiger partial charge in [-0.15, -0.1) is 0 Å². The van der Waals surface area contributed by atoms with Crippen LogP contribution in [0.1, 0.15) is 47.1 Å². The molecule has 0 fully saturated rings. The predicted molar refractivity (Wildman–Crippen MR) is 113 cm³/mol. The van der Waals surface area contributed by atoms with Crippen LogP contribution in [-0.2, 0) is 15.8 Å². The monoisotopic (exact) mass is 378 g/mol. The van der Waals surface area contributed by atoms with E-state index in [9.17, 15) is 5.11 Å². The van der Waals surface area contributed by atoms with E-state index >= 15 is 0 Å². The van der Waals surface area contributed by atoms with Crippen molar-refractivity contribution in [1.29, 1.82) is 0 Å². The lowest BCUT2D eigenvalue weighted by Gasteiger charge is -2.39. The summed E-state index contributed by atoms with van der Waals surface area (Å²) in [5.41, 5.74) is 2.06. The van der Waals surface area contributed by atoms with Gasteiger partial charge in [0.25, 0.3) is 0 Å². The Kier molecular flexibility index (Phi) is 8.74. The highest BCUT2D eigenvalue weighted by Crippen LogP contribution is 2.38. The van der Waals surface area contributed by atoms with E-state index in [4.69, 9.17) is 9.16 Å². The van der Waals surface area contributed by atoms with Crippen molar-refractivity contribution in [3.63, 3.8) is 0 Å². The van der Waals surface area contributed by atoms with Gasteiger partial charge in [0.2, 0.25) is 0 Å². The molecule has 0 radical (unpaired) electrons. The third kappa shape index (κ3) is 7.35. The van der Waals surface area contributed by atoms with Gasteiger partial charge in [0.05, 0.1) is 19.3 Å². The zero-order chi connectivity index (χ0) is 20.0. The van der Waals surface area contributed by atoms with Crippen LogP contribution in [0.4, 0.5) is 0 Å². The Morgan fingerprint density at radius 2 is 1.73 bits per heavy atom. The van der Waals surface area contributed by atoms with Gasteiger partial charge >= 0.3 is 0 Å². The van der Waals surface area contributed by atoms with Crippen LogP contribution in [0.2, 0.25) is 18.1 Å². The zero-order valence-electron chi connectivity index (χ0n) is 17.9. The summed E-state index contributed by atoms with van der Waals surface area (Å²) in [5.74, 6) is 0.243. The maximum atomic E-state index is 10.4. The predicted octanol–water partition coefficient (Wildman–Crippen LogP) is 5.56. The summed E-state index contributed by atoms with van der Waals surface area (Å²) in [4.78, 5) is 0. The second kappa shape index (κ2) is 9.84. The normalized spacial score (nSPS) is 17.0. The molecule has 1 aromatic rings. The molecule has 0 aromatic heterocycles. The van der Waals surface area contributed by atoms with E-state index < -0.39 is 14.4 Å². The van der Waals surface area contributed by atoms with Crippen molar-refractivity contribution in [2.45, 2.75) is 78.5 Å². The first-order valence-corrected chi connectivity index (χ1v) is 12.5. The maximum absolute atomic E-state index is 10.4. The molecule has 1 N–H and O–H groups in total. The van der Waals surface area contributed by atoms with Gasteiger partial charge in [-0.3, -0.25) is 0 Å². The Labute approximate surface area is 161 Å². The topological polar surface area (TPSA) is 38.7 Å². The number of aliphatic hydroxyl groups excluding tert-OH is 1. The first kappa shape index (κ1) is 23.1. The highest BCUT2D eigenvalue weighted by Gasteiger charge is 2.39. The molecule has 0 heterocycles. The molecule has 1 rings (SSSR count). The lowest BCUT2D eigenvalue weighted by molar-refractivity contribution is 0.0447. The summed E-state index contributed by atoms with van der Waals surface area (Å²) in [5, 5.41) is 10.6. The molecule has 0 bridgehead atoms. The third-order valence-corrected chi connectivity index (χ3v) is 10.0. The molecule has 0 aliphatic heterocycles. The molecule has 1 aromatic carbocycles. The number of ether oxygens (including phenoxy) is 1. The molecule has 0 aliphatic carbocycles. The van der Waals surface area contributed by atoms with Crippen LogP contribution in [-0.4, -0.2) is 32.2 Å². The smallest absolute Gasteiger partial charge is 0.192 e. The van der Waals surface area contributed by atoms with Crippen LogP contribution < -0.4 is 0 Å². The molecule has 4 heteroatoms. The third-order valence-electron chi connectivity index (χ3n) is 5.47. The van der Waals surface area contributed by atoms with Crippen molar-refractivity contribution >= 4 is 8.32 Å². The van der Waals surface area contributed by atoms with Crippen molar-refractivity contribution in [3.8, 4) is 0 Å². The first-order chi connectivity index (χ1) is 11.9. The second-order valence-electron chi connectivity index (χ2n) is 8.87. The van der Waals surface area contributed by atoms with E-state index in [0.717, 1.165) is 11.1 Å². The number of hydrogen-bond donors (Lipinski definition) is 1. The molecule has 0 saturated heterocycles. The van der Waals surface area contributed by atoms with Crippen molar-refractivity contribution in [3.05, 3.63) is 47.5 Å². The molecule has 0 spiro atoms. The first-order valence-electron chi connectivity index (χ1n) is 9.60. The highest BCUT2D eigenvalue weighted by molar-refractivity contribution is 6.74. The molecular weight excluding hydrogens is 340 g/mol. The maximum Gasteiger partial charge on any atom is 0.192 e. The van der Waals surface area contributed by atoms with Gasteiger partial charge in [-0.05, 0) is 49.0 Å². The second-order valence-corrected chi connectivity index (χ2v) is 13.6. The molecule has 148 valence electrons.